The molecule has 2 aromatic carbocycles. The summed E-state index contributed by atoms with van der Waals surface area (Å²) in [5.41, 5.74) is 2.19. The maximum Gasteiger partial charge on any atom is 0.191 e. The number of rotatable bonds is 6. The van der Waals surface area contributed by atoms with Gasteiger partial charge in [0.25, 0.3) is 0 Å². The van der Waals surface area contributed by atoms with Gasteiger partial charge in [-0.3, -0.25) is 0 Å². The van der Waals surface area contributed by atoms with Crippen LogP contribution >= 0.6 is 23.4 Å². The van der Waals surface area contributed by atoms with Gasteiger partial charge in [-0.1, -0.05) is 35.5 Å². The van der Waals surface area contributed by atoms with Crippen molar-refractivity contribution in [1.29, 1.82) is 0 Å². The van der Waals surface area contributed by atoms with E-state index in [0.29, 0.717) is 11.6 Å². The molecule has 0 fully saturated rings. The van der Waals surface area contributed by atoms with E-state index in [1.807, 2.05) is 54.1 Å². The molecule has 0 spiro atoms. The molecule has 24 heavy (non-hydrogen) atoms. The van der Waals surface area contributed by atoms with Gasteiger partial charge in [0.15, 0.2) is 11.0 Å². The first-order chi connectivity index (χ1) is 11.6. The Kier molecular flexibility index (Phi) is 5.43. The Morgan fingerprint density at radius 2 is 1.92 bits per heavy atom. The number of aromatic nitrogens is 3. The second-order valence-electron chi connectivity index (χ2n) is 5.39. The van der Waals surface area contributed by atoms with Crippen LogP contribution in [-0.4, -0.2) is 27.1 Å². The average molecular weight is 360 g/mol. The monoisotopic (exact) mass is 359 g/mol. The van der Waals surface area contributed by atoms with Crippen molar-refractivity contribution in [2.45, 2.75) is 12.1 Å². The van der Waals surface area contributed by atoms with Gasteiger partial charge in [0, 0.05) is 23.4 Å². The molecule has 1 heterocycles. The third-order valence-corrected chi connectivity index (χ3v) is 4.75. The first-order valence-corrected chi connectivity index (χ1v) is 8.97. The molecular weight excluding hydrogens is 342 g/mol. The Bertz CT molecular complexity index is 817. The number of halogens is 1. The lowest BCUT2D eigenvalue weighted by atomic mass is 10.2. The van der Waals surface area contributed by atoms with E-state index in [1.54, 1.807) is 11.8 Å². The maximum atomic E-state index is 5.93. The van der Waals surface area contributed by atoms with Crippen molar-refractivity contribution >= 4 is 23.4 Å². The van der Waals surface area contributed by atoms with E-state index in [9.17, 15) is 0 Å². The van der Waals surface area contributed by atoms with Crippen molar-refractivity contribution in [2.75, 3.05) is 12.4 Å². The predicted molar refractivity (Wildman–Crippen MR) is 98.8 cm³/mol. The molecule has 3 aromatic rings. The van der Waals surface area contributed by atoms with Crippen LogP contribution in [-0.2, 0) is 7.05 Å². The summed E-state index contributed by atoms with van der Waals surface area (Å²) in [5.74, 6) is 2.53. The minimum Gasteiger partial charge on any atom is -0.493 e. The highest BCUT2D eigenvalue weighted by Gasteiger charge is 2.11. The van der Waals surface area contributed by atoms with Gasteiger partial charge in [-0.15, -0.1) is 10.2 Å². The highest BCUT2D eigenvalue weighted by molar-refractivity contribution is 7.99. The highest BCUT2D eigenvalue weighted by Crippen LogP contribution is 2.24. The van der Waals surface area contributed by atoms with Gasteiger partial charge in [0.1, 0.15) is 5.75 Å². The number of benzene rings is 2. The van der Waals surface area contributed by atoms with Crippen molar-refractivity contribution in [1.82, 2.24) is 14.8 Å². The molecular formula is C18H18ClN3OS. The molecule has 1 aromatic heterocycles. The number of hydrogen-bond acceptors (Lipinski definition) is 4. The van der Waals surface area contributed by atoms with Crippen molar-refractivity contribution in [3.63, 3.8) is 0 Å². The number of ether oxygens (including phenoxy) is 1. The third-order valence-electron chi connectivity index (χ3n) is 3.51. The Morgan fingerprint density at radius 3 is 2.67 bits per heavy atom. The van der Waals surface area contributed by atoms with Gasteiger partial charge < -0.3 is 9.30 Å². The fourth-order valence-corrected chi connectivity index (χ4v) is 3.14. The largest absolute Gasteiger partial charge is 0.493 e. The van der Waals surface area contributed by atoms with E-state index in [0.717, 1.165) is 28.0 Å². The number of aryl methyl sites for hydroxylation is 1. The normalized spacial score (nSPS) is 10.8. The van der Waals surface area contributed by atoms with Crippen molar-refractivity contribution in [3.05, 3.63) is 59.1 Å². The first-order valence-electron chi connectivity index (χ1n) is 7.61. The van der Waals surface area contributed by atoms with Gasteiger partial charge in [0.2, 0.25) is 0 Å². The number of hydrogen-bond donors (Lipinski definition) is 0. The van der Waals surface area contributed by atoms with E-state index >= 15 is 0 Å². The second-order valence-corrected chi connectivity index (χ2v) is 6.88. The van der Waals surface area contributed by atoms with Crippen molar-refractivity contribution in [3.8, 4) is 17.1 Å². The molecule has 0 amide bonds. The first kappa shape index (κ1) is 16.9. The van der Waals surface area contributed by atoms with Crippen LogP contribution in [0.1, 0.15) is 5.56 Å². The molecule has 6 heteroatoms. The minimum absolute atomic E-state index is 0.622. The van der Waals surface area contributed by atoms with Gasteiger partial charge >= 0.3 is 0 Å². The summed E-state index contributed by atoms with van der Waals surface area (Å²) in [6, 6.07) is 15.7. The van der Waals surface area contributed by atoms with Crippen molar-refractivity contribution in [2.24, 2.45) is 7.05 Å². The van der Waals surface area contributed by atoms with E-state index < -0.39 is 0 Å². The number of nitrogens with zero attached hydrogens (tertiary/aromatic N) is 3. The predicted octanol–water partition coefficient (Wildman–Crippen LogP) is 4.62. The summed E-state index contributed by atoms with van der Waals surface area (Å²) in [6.45, 7) is 2.68. The van der Waals surface area contributed by atoms with Crippen LogP contribution in [0.5, 0.6) is 5.75 Å². The summed E-state index contributed by atoms with van der Waals surface area (Å²) in [7, 11) is 1.97. The summed E-state index contributed by atoms with van der Waals surface area (Å²) < 4.78 is 7.75. The van der Waals surface area contributed by atoms with Crippen LogP contribution in [0.2, 0.25) is 5.02 Å². The van der Waals surface area contributed by atoms with Crippen LogP contribution in [0.3, 0.4) is 0 Å². The molecule has 0 aliphatic heterocycles. The molecule has 4 nitrogen and oxygen atoms in total. The zero-order valence-corrected chi connectivity index (χ0v) is 15.1. The molecule has 0 radical (unpaired) electrons. The fraction of sp³-hybridized carbons (Fsp3) is 0.222. The second kappa shape index (κ2) is 7.73. The molecule has 0 N–H and O–H groups in total. The van der Waals surface area contributed by atoms with Crippen LogP contribution in [0.4, 0.5) is 0 Å². The third kappa shape index (κ3) is 4.10. The zero-order chi connectivity index (χ0) is 16.9. The molecule has 124 valence electrons. The lowest BCUT2D eigenvalue weighted by molar-refractivity contribution is 0.343. The smallest absolute Gasteiger partial charge is 0.191 e. The number of thioether (sulfide) groups is 1. The molecule has 0 aliphatic rings. The Balaban J connectivity index is 1.57. The summed E-state index contributed by atoms with van der Waals surface area (Å²) in [5, 5.41) is 10.1. The van der Waals surface area contributed by atoms with Gasteiger partial charge in [-0.2, -0.15) is 0 Å². The van der Waals surface area contributed by atoms with Crippen LogP contribution in [0.25, 0.3) is 11.4 Å². The van der Waals surface area contributed by atoms with Gasteiger partial charge in [-0.05, 0) is 48.9 Å². The van der Waals surface area contributed by atoms with Gasteiger partial charge in [0.05, 0.1) is 6.61 Å². The Hall–Kier alpha value is -1.98. The molecule has 0 saturated heterocycles. The molecule has 0 saturated carbocycles. The standard InChI is InChI=1S/C18H18ClN3OS/c1-13-4-3-5-16(12-13)23-10-11-24-18-21-20-17(22(18)2)14-6-8-15(19)9-7-14/h3-9,12H,10-11H2,1-2H3. The lowest BCUT2D eigenvalue weighted by Crippen LogP contribution is -2.02. The summed E-state index contributed by atoms with van der Waals surface area (Å²) in [4.78, 5) is 0. The fourth-order valence-electron chi connectivity index (χ4n) is 2.29. The van der Waals surface area contributed by atoms with Crippen LogP contribution < -0.4 is 4.74 Å². The average Bonchev–Trinajstić information content (AvgIpc) is 2.93. The van der Waals surface area contributed by atoms with E-state index in [1.165, 1.54) is 5.56 Å². The summed E-state index contributed by atoms with van der Waals surface area (Å²) >= 11 is 7.56. The highest BCUT2D eigenvalue weighted by atomic mass is 35.5. The van der Waals surface area contributed by atoms with Crippen LogP contribution in [0, 0.1) is 6.92 Å². The molecule has 0 unspecified atom stereocenters. The maximum absolute atomic E-state index is 5.93. The summed E-state index contributed by atoms with van der Waals surface area (Å²) in [6.07, 6.45) is 0. The Labute approximate surface area is 150 Å². The molecule has 0 bridgehead atoms. The zero-order valence-electron chi connectivity index (χ0n) is 13.6. The van der Waals surface area contributed by atoms with Gasteiger partial charge in [-0.25, -0.2) is 0 Å². The van der Waals surface area contributed by atoms with Crippen LogP contribution in [0.15, 0.2) is 53.7 Å². The molecule has 3 rings (SSSR count). The topological polar surface area (TPSA) is 39.9 Å². The van der Waals surface area contributed by atoms with E-state index in [-0.39, 0.29) is 0 Å². The van der Waals surface area contributed by atoms with Crippen molar-refractivity contribution < 1.29 is 4.74 Å². The SMILES string of the molecule is Cc1cccc(OCCSc2nnc(-c3ccc(Cl)cc3)n2C)c1. The molecule has 0 aliphatic carbocycles. The lowest BCUT2D eigenvalue weighted by Gasteiger charge is -2.07. The minimum atomic E-state index is 0.622. The van der Waals surface area contributed by atoms with E-state index in [2.05, 4.69) is 23.2 Å². The Morgan fingerprint density at radius 1 is 1.12 bits per heavy atom. The molecule has 0 atom stereocenters. The quantitative estimate of drug-likeness (QED) is 0.475. The van der Waals surface area contributed by atoms with E-state index in [4.69, 9.17) is 16.3 Å².